The standard InChI is InChI=1S/C22H25N3O3/c1-24(2)12-13-25(15-16-8-5-4-6-9-16)20-19(21(26)23-22(20)27)17-10-7-11-18(14-17)28-3/h4-11,14H,12-13,15H2,1-3H3,(H,23,26,27). The first-order chi connectivity index (χ1) is 13.5. The van der Waals surface area contributed by atoms with E-state index in [9.17, 15) is 9.59 Å². The molecule has 1 aliphatic heterocycles. The molecule has 0 fully saturated rings. The second kappa shape index (κ2) is 8.71. The second-order valence-electron chi connectivity index (χ2n) is 6.95. The minimum Gasteiger partial charge on any atom is -0.497 e. The van der Waals surface area contributed by atoms with Crippen molar-refractivity contribution in [2.24, 2.45) is 0 Å². The van der Waals surface area contributed by atoms with Gasteiger partial charge in [-0.1, -0.05) is 42.5 Å². The molecule has 0 bridgehead atoms. The maximum atomic E-state index is 12.7. The van der Waals surface area contributed by atoms with Crippen molar-refractivity contribution in [3.63, 3.8) is 0 Å². The molecule has 0 unspecified atom stereocenters. The van der Waals surface area contributed by atoms with Crippen LogP contribution in [0.25, 0.3) is 5.57 Å². The highest BCUT2D eigenvalue weighted by Gasteiger charge is 2.35. The molecule has 6 heteroatoms. The second-order valence-corrected chi connectivity index (χ2v) is 6.95. The maximum absolute atomic E-state index is 12.7. The van der Waals surface area contributed by atoms with Crippen LogP contribution in [0.4, 0.5) is 0 Å². The quantitative estimate of drug-likeness (QED) is 0.712. The number of hydrogen-bond donors (Lipinski definition) is 1. The number of nitrogens with one attached hydrogen (secondary N) is 1. The molecule has 1 heterocycles. The van der Waals surface area contributed by atoms with Crippen LogP contribution in [-0.2, 0) is 16.1 Å². The van der Waals surface area contributed by atoms with Crippen molar-refractivity contribution in [1.82, 2.24) is 15.1 Å². The van der Waals surface area contributed by atoms with E-state index in [-0.39, 0.29) is 11.8 Å². The maximum Gasteiger partial charge on any atom is 0.275 e. The molecule has 1 N–H and O–H groups in total. The van der Waals surface area contributed by atoms with E-state index >= 15 is 0 Å². The number of benzene rings is 2. The molecule has 6 nitrogen and oxygen atoms in total. The fourth-order valence-corrected chi connectivity index (χ4v) is 3.19. The molecule has 0 radical (unpaired) electrons. The van der Waals surface area contributed by atoms with Crippen LogP contribution in [0.15, 0.2) is 60.3 Å². The summed E-state index contributed by atoms with van der Waals surface area (Å²) >= 11 is 0. The summed E-state index contributed by atoms with van der Waals surface area (Å²) in [7, 11) is 5.54. The number of likely N-dealkylation sites (N-methyl/N-ethyl adjacent to an activating group) is 1. The lowest BCUT2D eigenvalue weighted by molar-refractivity contribution is -0.124. The van der Waals surface area contributed by atoms with Gasteiger partial charge in [0.05, 0.1) is 12.7 Å². The van der Waals surface area contributed by atoms with Crippen molar-refractivity contribution >= 4 is 17.4 Å². The predicted octanol–water partition coefficient (Wildman–Crippen LogP) is 2.13. The van der Waals surface area contributed by atoms with Gasteiger partial charge in [-0.25, -0.2) is 0 Å². The van der Waals surface area contributed by atoms with Crippen molar-refractivity contribution in [3.05, 3.63) is 71.4 Å². The van der Waals surface area contributed by atoms with Crippen molar-refractivity contribution in [2.75, 3.05) is 34.3 Å². The molecule has 3 rings (SSSR count). The van der Waals surface area contributed by atoms with Gasteiger partial charge < -0.3 is 14.5 Å². The number of carbonyl (C=O) groups excluding carboxylic acids is 2. The molecule has 0 aromatic heterocycles. The van der Waals surface area contributed by atoms with E-state index in [1.54, 1.807) is 13.2 Å². The number of amides is 2. The number of nitrogens with zero attached hydrogens (tertiary/aromatic N) is 2. The predicted molar refractivity (Wildman–Crippen MR) is 108 cm³/mol. The van der Waals surface area contributed by atoms with Crippen LogP contribution in [-0.4, -0.2) is 55.9 Å². The molecule has 0 spiro atoms. The molecule has 2 amide bonds. The van der Waals surface area contributed by atoms with Crippen molar-refractivity contribution in [3.8, 4) is 5.75 Å². The highest BCUT2D eigenvalue weighted by Crippen LogP contribution is 2.29. The lowest BCUT2D eigenvalue weighted by Gasteiger charge is -2.27. The smallest absolute Gasteiger partial charge is 0.275 e. The zero-order valence-electron chi connectivity index (χ0n) is 16.4. The van der Waals surface area contributed by atoms with Crippen LogP contribution in [0.1, 0.15) is 11.1 Å². The number of ether oxygens (including phenoxy) is 1. The summed E-state index contributed by atoms with van der Waals surface area (Å²) in [6, 6.07) is 17.2. The largest absolute Gasteiger partial charge is 0.497 e. The summed E-state index contributed by atoms with van der Waals surface area (Å²) in [6.07, 6.45) is 0. The molecule has 0 saturated carbocycles. The van der Waals surface area contributed by atoms with E-state index in [0.717, 1.165) is 12.1 Å². The SMILES string of the molecule is COc1cccc(C2=C(N(CCN(C)C)Cc3ccccc3)C(=O)NC2=O)c1. The Morgan fingerprint density at radius 3 is 2.36 bits per heavy atom. The van der Waals surface area contributed by atoms with Gasteiger partial charge in [0.25, 0.3) is 11.8 Å². The number of carbonyl (C=O) groups is 2. The van der Waals surface area contributed by atoms with Gasteiger partial charge in [0.2, 0.25) is 0 Å². The van der Waals surface area contributed by atoms with Gasteiger partial charge in [0, 0.05) is 19.6 Å². The Labute approximate surface area is 165 Å². The number of imide groups is 1. The highest BCUT2D eigenvalue weighted by atomic mass is 16.5. The Morgan fingerprint density at radius 1 is 0.929 bits per heavy atom. The fraction of sp³-hybridized carbons (Fsp3) is 0.273. The van der Waals surface area contributed by atoms with Crippen LogP contribution in [0.3, 0.4) is 0 Å². The summed E-state index contributed by atoms with van der Waals surface area (Å²) in [5.41, 5.74) is 2.54. The van der Waals surface area contributed by atoms with Crippen molar-refractivity contribution in [2.45, 2.75) is 6.54 Å². The van der Waals surface area contributed by atoms with Crippen molar-refractivity contribution < 1.29 is 14.3 Å². The first-order valence-corrected chi connectivity index (χ1v) is 9.17. The third kappa shape index (κ3) is 4.40. The summed E-state index contributed by atoms with van der Waals surface area (Å²) in [5, 5.41) is 2.46. The first-order valence-electron chi connectivity index (χ1n) is 9.17. The zero-order valence-corrected chi connectivity index (χ0v) is 16.4. The van der Waals surface area contributed by atoms with Gasteiger partial charge in [-0.3, -0.25) is 14.9 Å². The highest BCUT2D eigenvalue weighted by molar-refractivity contribution is 6.35. The van der Waals surface area contributed by atoms with Crippen LogP contribution in [0, 0.1) is 0 Å². The first kappa shape index (κ1) is 19.6. The third-order valence-electron chi connectivity index (χ3n) is 4.61. The van der Waals surface area contributed by atoms with Gasteiger partial charge in [-0.2, -0.15) is 0 Å². The van der Waals surface area contributed by atoms with Crippen LogP contribution in [0.5, 0.6) is 5.75 Å². The molecule has 28 heavy (non-hydrogen) atoms. The Balaban J connectivity index is 2.05. The summed E-state index contributed by atoms with van der Waals surface area (Å²) in [4.78, 5) is 29.4. The van der Waals surface area contributed by atoms with Gasteiger partial charge in [-0.05, 0) is 37.4 Å². The average Bonchev–Trinajstić information content (AvgIpc) is 2.99. The van der Waals surface area contributed by atoms with Gasteiger partial charge in [0.15, 0.2) is 0 Å². The topological polar surface area (TPSA) is 61.9 Å². The monoisotopic (exact) mass is 379 g/mol. The van der Waals surface area contributed by atoms with E-state index in [2.05, 4.69) is 10.2 Å². The molecule has 0 aliphatic carbocycles. The van der Waals surface area contributed by atoms with Crippen molar-refractivity contribution in [1.29, 1.82) is 0 Å². The normalized spacial score (nSPS) is 13.9. The average molecular weight is 379 g/mol. The molecule has 1 aliphatic rings. The van der Waals surface area contributed by atoms with Gasteiger partial charge in [0.1, 0.15) is 11.4 Å². The molecule has 0 saturated heterocycles. The Morgan fingerprint density at radius 2 is 1.68 bits per heavy atom. The van der Waals surface area contributed by atoms with E-state index in [0.29, 0.717) is 35.7 Å². The Hall–Kier alpha value is -3.12. The lowest BCUT2D eigenvalue weighted by Crippen LogP contribution is -2.35. The Bertz CT molecular complexity index is 891. The lowest BCUT2D eigenvalue weighted by atomic mass is 10.0. The zero-order chi connectivity index (χ0) is 20.1. The van der Waals surface area contributed by atoms with Crippen LogP contribution in [0.2, 0.25) is 0 Å². The molecule has 0 atom stereocenters. The summed E-state index contributed by atoms with van der Waals surface area (Å²) < 4.78 is 5.29. The van der Waals surface area contributed by atoms with Crippen LogP contribution >= 0.6 is 0 Å². The van der Waals surface area contributed by atoms with E-state index < -0.39 is 0 Å². The molecule has 2 aromatic rings. The summed E-state index contributed by atoms with van der Waals surface area (Å²) in [6.45, 7) is 1.91. The third-order valence-corrected chi connectivity index (χ3v) is 4.61. The van der Waals surface area contributed by atoms with E-state index in [1.165, 1.54) is 0 Å². The fourth-order valence-electron chi connectivity index (χ4n) is 3.19. The molecule has 2 aromatic carbocycles. The Kier molecular flexibility index (Phi) is 6.11. The number of rotatable bonds is 8. The van der Waals surface area contributed by atoms with E-state index in [1.807, 2.05) is 67.5 Å². The molecular formula is C22H25N3O3. The van der Waals surface area contributed by atoms with Crippen LogP contribution < -0.4 is 10.1 Å². The minimum absolute atomic E-state index is 0.363. The summed E-state index contributed by atoms with van der Waals surface area (Å²) in [5.74, 6) is -0.104. The van der Waals surface area contributed by atoms with E-state index in [4.69, 9.17) is 4.74 Å². The van der Waals surface area contributed by atoms with Gasteiger partial charge >= 0.3 is 0 Å². The number of methoxy groups -OCH3 is 1. The minimum atomic E-state index is -0.379. The molecular weight excluding hydrogens is 354 g/mol. The molecule has 146 valence electrons. The van der Waals surface area contributed by atoms with Gasteiger partial charge in [-0.15, -0.1) is 0 Å². The number of hydrogen-bond acceptors (Lipinski definition) is 5.